The molecule has 0 atom stereocenters. The van der Waals surface area contributed by atoms with E-state index in [-0.39, 0.29) is 0 Å². The molecule has 0 amide bonds. The fourth-order valence-electron chi connectivity index (χ4n) is 2.72. The maximum atomic E-state index is 5.47. The Hall–Kier alpha value is -0.940. The van der Waals surface area contributed by atoms with Gasteiger partial charge in [-0.3, -0.25) is 4.90 Å². The molecule has 1 saturated heterocycles. The van der Waals surface area contributed by atoms with Gasteiger partial charge in [0.15, 0.2) is 0 Å². The van der Waals surface area contributed by atoms with Gasteiger partial charge in [0.05, 0.1) is 19.8 Å². The number of hydrogen-bond donors (Lipinski definition) is 1. The zero-order valence-corrected chi connectivity index (χ0v) is 13.1. The zero-order valence-electron chi connectivity index (χ0n) is 13.1. The Morgan fingerprint density at radius 2 is 1.86 bits per heavy atom. The smallest absolute Gasteiger partial charge is 0.0700 e. The Morgan fingerprint density at radius 3 is 2.57 bits per heavy atom. The van der Waals surface area contributed by atoms with Crippen molar-refractivity contribution in [3.63, 3.8) is 0 Å². The first kappa shape index (κ1) is 16.4. The molecule has 4 nitrogen and oxygen atoms in total. The lowest BCUT2D eigenvalue weighted by Crippen LogP contribution is -2.43. The molecule has 0 radical (unpaired) electrons. The van der Waals surface area contributed by atoms with Gasteiger partial charge < -0.3 is 14.8 Å². The minimum absolute atomic E-state index is 0.642. The molecule has 1 fully saturated rings. The van der Waals surface area contributed by atoms with Crippen molar-refractivity contribution in [3.8, 4) is 0 Å². The second kappa shape index (κ2) is 9.90. The van der Waals surface area contributed by atoms with Gasteiger partial charge >= 0.3 is 0 Å². The fourth-order valence-corrected chi connectivity index (χ4v) is 2.72. The van der Waals surface area contributed by atoms with Gasteiger partial charge in [-0.25, -0.2) is 0 Å². The van der Waals surface area contributed by atoms with Crippen LogP contribution in [-0.4, -0.2) is 57.5 Å². The van der Waals surface area contributed by atoms with Crippen molar-refractivity contribution < 1.29 is 9.47 Å². The van der Waals surface area contributed by atoms with Crippen molar-refractivity contribution in [1.29, 1.82) is 0 Å². The molecule has 1 aromatic carbocycles. The fraction of sp³-hybridized carbons (Fsp3) is 0.647. The number of nitrogens with zero attached hydrogens (tertiary/aromatic N) is 1. The Bertz CT molecular complexity index is 364. The summed E-state index contributed by atoms with van der Waals surface area (Å²) in [5.41, 5.74) is 1.41. The van der Waals surface area contributed by atoms with Gasteiger partial charge in [0.2, 0.25) is 0 Å². The predicted octanol–water partition coefficient (Wildman–Crippen LogP) is 1.90. The molecule has 0 spiro atoms. The van der Waals surface area contributed by atoms with Gasteiger partial charge in [0.1, 0.15) is 0 Å². The van der Waals surface area contributed by atoms with Crippen molar-refractivity contribution in [2.24, 2.45) is 0 Å². The van der Waals surface area contributed by atoms with Crippen LogP contribution in [0, 0.1) is 0 Å². The average Bonchev–Trinajstić information content (AvgIpc) is 2.53. The van der Waals surface area contributed by atoms with E-state index in [9.17, 15) is 0 Å². The van der Waals surface area contributed by atoms with E-state index in [0.717, 1.165) is 19.7 Å². The highest BCUT2D eigenvalue weighted by Gasteiger charge is 2.18. The van der Waals surface area contributed by atoms with Crippen molar-refractivity contribution >= 4 is 0 Å². The lowest BCUT2D eigenvalue weighted by Gasteiger charge is -2.32. The van der Waals surface area contributed by atoms with Crippen LogP contribution in [0.1, 0.15) is 18.4 Å². The third kappa shape index (κ3) is 6.57. The highest BCUT2D eigenvalue weighted by molar-refractivity contribution is 5.14. The van der Waals surface area contributed by atoms with Gasteiger partial charge in [-0.1, -0.05) is 30.3 Å². The summed E-state index contributed by atoms with van der Waals surface area (Å²) >= 11 is 0. The highest BCUT2D eigenvalue weighted by atomic mass is 16.5. The maximum absolute atomic E-state index is 5.47. The summed E-state index contributed by atoms with van der Waals surface area (Å²) in [7, 11) is 1.70. The second-order valence-electron chi connectivity index (χ2n) is 5.60. The van der Waals surface area contributed by atoms with Crippen molar-refractivity contribution in [2.45, 2.75) is 25.4 Å². The third-order valence-electron chi connectivity index (χ3n) is 3.95. The largest absolute Gasteiger partial charge is 0.382 e. The molecule has 4 heteroatoms. The Kier molecular flexibility index (Phi) is 7.75. The summed E-state index contributed by atoms with van der Waals surface area (Å²) in [6.07, 6.45) is 2.45. The first-order chi connectivity index (χ1) is 10.4. The van der Waals surface area contributed by atoms with E-state index in [1.165, 1.54) is 31.5 Å². The van der Waals surface area contributed by atoms with Crippen LogP contribution >= 0.6 is 0 Å². The van der Waals surface area contributed by atoms with E-state index >= 15 is 0 Å². The van der Waals surface area contributed by atoms with E-state index in [0.29, 0.717) is 19.3 Å². The van der Waals surface area contributed by atoms with Crippen LogP contribution in [0.4, 0.5) is 0 Å². The van der Waals surface area contributed by atoms with Gasteiger partial charge in [0, 0.05) is 26.2 Å². The molecule has 0 aliphatic carbocycles. The molecule has 118 valence electrons. The summed E-state index contributed by atoms with van der Waals surface area (Å²) in [6.45, 7) is 6.51. The van der Waals surface area contributed by atoms with E-state index in [4.69, 9.17) is 9.47 Å². The SMILES string of the molecule is COCCOCCNC1CCN(Cc2ccccc2)CC1. The summed E-state index contributed by atoms with van der Waals surface area (Å²) in [6, 6.07) is 11.4. The maximum Gasteiger partial charge on any atom is 0.0700 e. The predicted molar refractivity (Wildman–Crippen MR) is 85.4 cm³/mol. The Balaban J connectivity index is 1.54. The van der Waals surface area contributed by atoms with Crippen molar-refractivity contribution in [1.82, 2.24) is 10.2 Å². The normalized spacial score (nSPS) is 17.2. The molecule has 21 heavy (non-hydrogen) atoms. The number of nitrogens with one attached hydrogen (secondary N) is 1. The number of benzene rings is 1. The van der Waals surface area contributed by atoms with E-state index in [2.05, 4.69) is 40.5 Å². The van der Waals surface area contributed by atoms with Crippen molar-refractivity contribution in [3.05, 3.63) is 35.9 Å². The molecule has 0 aromatic heterocycles. The molecule has 1 aliphatic rings. The summed E-state index contributed by atoms with van der Waals surface area (Å²) < 4.78 is 10.4. The number of likely N-dealkylation sites (tertiary alicyclic amines) is 1. The lowest BCUT2D eigenvalue weighted by molar-refractivity contribution is 0.0696. The molecule has 2 rings (SSSR count). The van der Waals surface area contributed by atoms with Crippen LogP contribution in [-0.2, 0) is 16.0 Å². The van der Waals surface area contributed by atoms with Gasteiger partial charge in [0.25, 0.3) is 0 Å². The first-order valence-corrected chi connectivity index (χ1v) is 7.95. The first-order valence-electron chi connectivity index (χ1n) is 7.95. The topological polar surface area (TPSA) is 33.7 Å². The van der Waals surface area contributed by atoms with Gasteiger partial charge in [-0.2, -0.15) is 0 Å². The molecular formula is C17H28N2O2. The third-order valence-corrected chi connectivity index (χ3v) is 3.95. The van der Waals surface area contributed by atoms with Crippen LogP contribution in [0.15, 0.2) is 30.3 Å². The van der Waals surface area contributed by atoms with Crippen LogP contribution in [0.3, 0.4) is 0 Å². The van der Waals surface area contributed by atoms with Gasteiger partial charge in [-0.05, 0) is 31.5 Å². The van der Waals surface area contributed by atoms with Crippen LogP contribution < -0.4 is 5.32 Å². The number of piperidine rings is 1. The molecule has 1 aliphatic heterocycles. The molecule has 0 unspecified atom stereocenters. The van der Waals surface area contributed by atoms with E-state index < -0.39 is 0 Å². The molecule has 1 heterocycles. The quantitative estimate of drug-likeness (QED) is 0.705. The number of ether oxygens (including phenoxy) is 2. The summed E-state index contributed by atoms with van der Waals surface area (Å²) in [5.74, 6) is 0. The van der Waals surface area contributed by atoms with Crippen LogP contribution in [0.2, 0.25) is 0 Å². The van der Waals surface area contributed by atoms with Crippen LogP contribution in [0.5, 0.6) is 0 Å². The van der Waals surface area contributed by atoms with Crippen molar-refractivity contribution in [2.75, 3.05) is 46.6 Å². The summed E-state index contributed by atoms with van der Waals surface area (Å²) in [5, 5.41) is 3.59. The van der Waals surface area contributed by atoms with E-state index in [1.807, 2.05) is 0 Å². The highest BCUT2D eigenvalue weighted by Crippen LogP contribution is 2.13. The van der Waals surface area contributed by atoms with E-state index in [1.54, 1.807) is 7.11 Å². The minimum Gasteiger partial charge on any atom is -0.382 e. The molecule has 0 saturated carbocycles. The second-order valence-corrected chi connectivity index (χ2v) is 5.60. The van der Waals surface area contributed by atoms with Crippen LogP contribution in [0.25, 0.3) is 0 Å². The minimum atomic E-state index is 0.642. The number of hydrogen-bond acceptors (Lipinski definition) is 4. The Morgan fingerprint density at radius 1 is 1.10 bits per heavy atom. The Labute approximate surface area is 128 Å². The molecular weight excluding hydrogens is 264 g/mol. The standard InChI is InChI=1S/C17H28N2O2/c1-20-13-14-21-12-9-18-17-7-10-19(11-8-17)15-16-5-3-2-4-6-16/h2-6,17-18H,7-15H2,1H3. The summed E-state index contributed by atoms with van der Waals surface area (Å²) in [4.78, 5) is 2.54. The number of methoxy groups -OCH3 is 1. The van der Waals surface area contributed by atoms with Gasteiger partial charge in [-0.15, -0.1) is 0 Å². The molecule has 1 N–H and O–H groups in total. The molecule has 0 bridgehead atoms. The number of rotatable bonds is 9. The lowest BCUT2D eigenvalue weighted by atomic mass is 10.0. The average molecular weight is 292 g/mol. The monoisotopic (exact) mass is 292 g/mol. The zero-order chi connectivity index (χ0) is 14.8. The molecule has 1 aromatic rings.